The van der Waals surface area contributed by atoms with E-state index in [-0.39, 0.29) is 5.69 Å². The number of hydrogen-bond acceptors (Lipinski definition) is 4. The average molecular weight is 337 g/mol. The Morgan fingerprint density at radius 3 is 2.65 bits per heavy atom. The fraction of sp³-hybridized carbons (Fsp3) is 0.143. The molecule has 2 N–H and O–H groups in total. The molecule has 0 aliphatic carbocycles. The molecule has 5 nitrogen and oxygen atoms in total. The molecule has 0 aliphatic heterocycles. The Balaban J connectivity index is 2.32. The molecule has 2 aromatic rings. The fourth-order valence-corrected chi connectivity index (χ4v) is 2.25. The zero-order valence-electron chi connectivity index (χ0n) is 10.8. The van der Waals surface area contributed by atoms with Crippen LogP contribution in [0.15, 0.2) is 40.9 Å². The van der Waals surface area contributed by atoms with E-state index >= 15 is 0 Å². The summed E-state index contributed by atoms with van der Waals surface area (Å²) in [6.45, 7) is 2.37. The first kappa shape index (κ1) is 14.5. The van der Waals surface area contributed by atoms with Crippen LogP contribution >= 0.6 is 15.9 Å². The molecule has 0 heterocycles. The number of benzene rings is 2. The molecule has 6 heteroatoms. The topological polar surface area (TPSA) is 78.4 Å². The molecule has 0 aromatic heterocycles. The summed E-state index contributed by atoms with van der Waals surface area (Å²) < 4.78 is 6.30. The van der Waals surface area contributed by atoms with Gasteiger partial charge in [0, 0.05) is 17.1 Å². The van der Waals surface area contributed by atoms with Gasteiger partial charge in [-0.15, -0.1) is 0 Å². The van der Waals surface area contributed by atoms with Crippen LogP contribution in [0.3, 0.4) is 0 Å². The molecular weight excluding hydrogens is 324 g/mol. The number of nitrogens with zero attached hydrogens (tertiary/aromatic N) is 1. The molecule has 0 amide bonds. The smallest absolute Gasteiger partial charge is 0.274 e. The third kappa shape index (κ3) is 3.34. The molecule has 0 spiro atoms. The normalized spacial score (nSPS) is 10.3. The Morgan fingerprint density at radius 2 is 2.05 bits per heavy atom. The average Bonchev–Trinajstić information content (AvgIpc) is 2.40. The van der Waals surface area contributed by atoms with Crippen LogP contribution in [0, 0.1) is 17.0 Å². The van der Waals surface area contributed by atoms with Crippen LogP contribution in [0.2, 0.25) is 0 Å². The molecule has 0 bridgehead atoms. The number of nitro benzene ring substituents is 1. The van der Waals surface area contributed by atoms with Gasteiger partial charge in [0.2, 0.25) is 0 Å². The van der Waals surface area contributed by atoms with Crippen LogP contribution in [0.25, 0.3) is 0 Å². The van der Waals surface area contributed by atoms with Crippen molar-refractivity contribution in [3.05, 3.63) is 62.1 Å². The van der Waals surface area contributed by atoms with Crippen LogP contribution in [-0.2, 0) is 6.54 Å². The Morgan fingerprint density at radius 1 is 1.30 bits per heavy atom. The zero-order chi connectivity index (χ0) is 14.7. The van der Waals surface area contributed by atoms with Crippen molar-refractivity contribution in [3.8, 4) is 11.5 Å². The number of nitro groups is 1. The van der Waals surface area contributed by atoms with Gasteiger partial charge in [0.05, 0.1) is 11.0 Å². The fourth-order valence-electron chi connectivity index (χ4n) is 1.79. The Hall–Kier alpha value is -1.92. The summed E-state index contributed by atoms with van der Waals surface area (Å²) >= 11 is 3.24. The van der Waals surface area contributed by atoms with Gasteiger partial charge in [-0.05, 0) is 30.2 Å². The van der Waals surface area contributed by atoms with E-state index in [1.54, 1.807) is 6.07 Å². The highest BCUT2D eigenvalue weighted by atomic mass is 79.9. The monoisotopic (exact) mass is 336 g/mol. The van der Waals surface area contributed by atoms with E-state index in [1.807, 2.05) is 25.1 Å². The minimum absolute atomic E-state index is 0.0226. The van der Waals surface area contributed by atoms with Crippen molar-refractivity contribution in [2.24, 2.45) is 5.73 Å². The van der Waals surface area contributed by atoms with Crippen LogP contribution < -0.4 is 10.5 Å². The molecule has 2 rings (SSSR count). The summed E-state index contributed by atoms with van der Waals surface area (Å²) in [4.78, 5) is 10.4. The number of hydrogen-bond donors (Lipinski definition) is 1. The minimum atomic E-state index is -0.456. The van der Waals surface area contributed by atoms with E-state index in [0.717, 1.165) is 11.1 Å². The van der Waals surface area contributed by atoms with Gasteiger partial charge in [0.25, 0.3) is 5.69 Å². The maximum Gasteiger partial charge on any atom is 0.274 e. The van der Waals surface area contributed by atoms with Crippen LogP contribution in [0.5, 0.6) is 11.5 Å². The lowest BCUT2D eigenvalue weighted by molar-refractivity contribution is -0.385. The van der Waals surface area contributed by atoms with Crippen molar-refractivity contribution >= 4 is 21.6 Å². The van der Waals surface area contributed by atoms with Crippen LogP contribution in [-0.4, -0.2) is 4.92 Å². The van der Waals surface area contributed by atoms with Gasteiger partial charge in [-0.2, -0.15) is 0 Å². The number of aryl methyl sites for hydroxylation is 1. The maximum atomic E-state index is 10.8. The number of nitrogens with two attached hydrogens (primary N) is 1. The molecule has 0 unspecified atom stereocenters. The number of rotatable bonds is 4. The molecule has 20 heavy (non-hydrogen) atoms. The summed E-state index contributed by atoms with van der Waals surface area (Å²) in [5.74, 6) is 1.06. The molecule has 0 saturated carbocycles. The predicted molar refractivity (Wildman–Crippen MR) is 79.9 cm³/mol. The van der Waals surface area contributed by atoms with Crippen molar-refractivity contribution in [3.63, 3.8) is 0 Å². The second-order valence-corrected chi connectivity index (χ2v) is 5.22. The Kier molecular flexibility index (Phi) is 4.36. The van der Waals surface area contributed by atoms with E-state index in [9.17, 15) is 10.1 Å². The van der Waals surface area contributed by atoms with Gasteiger partial charge in [0.15, 0.2) is 0 Å². The van der Waals surface area contributed by atoms with Crippen molar-refractivity contribution in [2.75, 3.05) is 0 Å². The number of ether oxygens (including phenoxy) is 1. The van der Waals surface area contributed by atoms with Gasteiger partial charge in [0.1, 0.15) is 11.5 Å². The first-order valence-electron chi connectivity index (χ1n) is 5.92. The second kappa shape index (κ2) is 6.02. The standard InChI is InChI=1S/C14H13BrN2O3/c1-9-4-10(8-16)2-3-14(9)20-13-6-11(15)5-12(7-13)17(18)19/h2-7H,8,16H2,1H3. The van der Waals surface area contributed by atoms with Crippen molar-refractivity contribution in [1.29, 1.82) is 0 Å². The zero-order valence-corrected chi connectivity index (χ0v) is 12.4. The molecule has 2 aromatic carbocycles. The minimum Gasteiger partial charge on any atom is -0.457 e. The van der Waals surface area contributed by atoms with Gasteiger partial charge in [-0.1, -0.05) is 28.1 Å². The lowest BCUT2D eigenvalue weighted by Gasteiger charge is -2.10. The highest BCUT2D eigenvalue weighted by Crippen LogP contribution is 2.31. The van der Waals surface area contributed by atoms with Gasteiger partial charge in [-0.25, -0.2) is 0 Å². The first-order valence-corrected chi connectivity index (χ1v) is 6.71. The highest BCUT2D eigenvalue weighted by Gasteiger charge is 2.11. The third-order valence-electron chi connectivity index (χ3n) is 2.77. The SMILES string of the molecule is Cc1cc(CN)ccc1Oc1cc(Br)cc([N+](=O)[O-])c1. The van der Waals surface area contributed by atoms with Crippen molar-refractivity contribution in [1.82, 2.24) is 0 Å². The lowest BCUT2D eigenvalue weighted by atomic mass is 10.1. The maximum absolute atomic E-state index is 10.8. The lowest BCUT2D eigenvalue weighted by Crippen LogP contribution is -1.97. The van der Waals surface area contributed by atoms with Crippen molar-refractivity contribution < 1.29 is 9.66 Å². The summed E-state index contributed by atoms with van der Waals surface area (Å²) in [5, 5.41) is 10.8. The van der Waals surface area contributed by atoms with Crippen LogP contribution in [0.1, 0.15) is 11.1 Å². The summed E-state index contributed by atoms with van der Waals surface area (Å²) in [5.41, 5.74) is 7.49. The molecule has 0 fully saturated rings. The summed E-state index contributed by atoms with van der Waals surface area (Å²) in [6.07, 6.45) is 0. The summed E-state index contributed by atoms with van der Waals surface area (Å²) in [6, 6.07) is 10.1. The molecule has 104 valence electrons. The third-order valence-corrected chi connectivity index (χ3v) is 3.23. The van der Waals surface area contributed by atoms with Gasteiger partial charge < -0.3 is 10.5 Å². The number of non-ortho nitro benzene ring substituents is 1. The van der Waals surface area contributed by atoms with E-state index < -0.39 is 4.92 Å². The predicted octanol–water partition coefficient (Wildman–Crippen LogP) is 3.92. The van der Waals surface area contributed by atoms with E-state index in [2.05, 4.69) is 15.9 Å². The number of halogens is 1. The quantitative estimate of drug-likeness (QED) is 0.677. The van der Waals surface area contributed by atoms with Gasteiger partial charge >= 0.3 is 0 Å². The molecular formula is C14H13BrN2O3. The van der Waals surface area contributed by atoms with Crippen LogP contribution in [0.4, 0.5) is 5.69 Å². The molecule has 0 radical (unpaired) electrons. The largest absolute Gasteiger partial charge is 0.457 e. The highest BCUT2D eigenvalue weighted by molar-refractivity contribution is 9.10. The Bertz CT molecular complexity index is 659. The van der Waals surface area contributed by atoms with E-state index in [1.165, 1.54) is 12.1 Å². The van der Waals surface area contributed by atoms with E-state index in [4.69, 9.17) is 10.5 Å². The molecule has 0 aliphatic rings. The second-order valence-electron chi connectivity index (χ2n) is 4.31. The van der Waals surface area contributed by atoms with Crippen molar-refractivity contribution in [2.45, 2.75) is 13.5 Å². The van der Waals surface area contributed by atoms with Gasteiger partial charge in [-0.3, -0.25) is 10.1 Å². The molecule has 0 saturated heterocycles. The summed E-state index contributed by atoms with van der Waals surface area (Å²) in [7, 11) is 0. The first-order chi connectivity index (χ1) is 9.49. The van der Waals surface area contributed by atoms with E-state index in [0.29, 0.717) is 22.5 Å². The molecule has 0 atom stereocenters. The Labute approximate surface area is 124 Å².